The van der Waals surface area contributed by atoms with Crippen molar-refractivity contribution in [1.29, 1.82) is 5.26 Å². The van der Waals surface area contributed by atoms with Crippen LogP contribution in [0.15, 0.2) is 40.7 Å². The lowest BCUT2D eigenvalue weighted by molar-refractivity contribution is -0.136. The number of halogens is 2. The maximum atomic E-state index is 12.4. The lowest BCUT2D eigenvalue weighted by Crippen LogP contribution is -2.31. The van der Waals surface area contributed by atoms with E-state index in [2.05, 4.69) is 11.4 Å². The fraction of sp³-hybridized carbons (Fsp3) is 0.294. The van der Waals surface area contributed by atoms with Gasteiger partial charge in [0.15, 0.2) is 0 Å². The number of carbonyl (C=O) groups is 1. The molecule has 0 fully saturated rings. The number of allylic oxidation sites excluding steroid dienone is 2. The quantitative estimate of drug-likeness (QED) is 0.824. The van der Waals surface area contributed by atoms with Gasteiger partial charge in [-0.1, -0.05) is 29.3 Å². The second-order valence-corrected chi connectivity index (χ2v) is 6.03. The van der Waals surface area contributed by atoms with Gasteiger partial charge in [0.25, 0.3) is 0 Å². The van der Waals surface area contributed by atoms with Crippen LogP contribution in [0.4, 0.5) is 0 Å². The number of nitrogens with one attached hydrogen (secondary N) is 1. The third-order valence-corrected chi connectivity index (χ3v) is 4.30. The van der Waals surface area contributed by atoms with Crippen molar-refractivity contribution in [2.75, 3.05) is 20.8 Å². The van der Waals surface area contributed by atoms with Gasteiger partial charge in [-0.05, 0) is 24.6 Å². The average molecular weight is 367 g/mol. The maximum Gasteiger partial charge on any atom is 0.336 e. The first-order valence-corrected chi connectivity index (χ1v) is 7.83. The molecule has 0 bridgehead atoms. The zero-order valence-corrected chi connectivity index (χ0v) is 15.0. The van der Waals surface area contributed by atoms with Gasteiger partial charge < -0.3 is 14.8 Å². The molecule has 0 aliphatic carbocycles. The van der Waals surface area contributed by atoms with E-state index in [1.165, 1.54) is 14.2 Å². The Morgan fingerprint density at radius 3 is 2.62 bits per heavy atom. The zero-order valence-electron chi connectivity index (χ0n) is 13.4. The van der Waals surface area contributed by atoms with E-state index in [1.807, 2.05) is 0 Å². The fourth-order valence-electron chi connectivity index (χ4n) is 2.70. The smallest absolute Gasteiger partial charge is 0.336 e. The minimum Gasteiger partial charge on any atom is -0.466 e. The zero-order chi connectivity index (χ0) is 17.9. The van der Waals surface area contributed by atoms with Crippen LogP contribution in [0.2, 0.25) is 10.0 Å². The van der Waals surface area contributed by atoms with E-state index in [0.717, 1.165) is 0 Å². The molecule has 1 heterocycles. The maximum absolute atomic E-state index is 12.4. The normalized spacial score (nSPS) is 17.4. The molecule has 0 spiro atoms. The summed E-state index contributed by atoms with van der Waals surface area (Å²) in [6.07, 6.45) is 0. The molecule has 7 heteroatoms. The van der Waals surface area contributed by atoms with Crippen molar-refractivity contribution in [2.24, 2.45) is 0 Å². The number of rotatable bonds is 4. The number of nitrogens with zero attached hydrogens (tertiary/aromatic N) is 1. The molecule has 1 aromatic carbocycles. The van der Waals surface area contributed by atoms with Crippen LogP contribution >= 0.6 is 23.2 Å². The third kappa shape index (κ3) is 3.41. The fourth-order valence-corrected chi connectivity index (χ4v) is 3.22. The Balaban J connectivity index is 2.73. The molecule has 1 unspecified atom stereocenters. The van der Waals surface area contributed by atoms with Crippen molar-refractivity contribution in [2.45, 2.75) is 12.8 Å². The molecular weight excluding hydrogens is 351 g/mol. The van der Waals surface area contributed by atoms with E-state index in [1.54, 1.807) is 25.1 Å². The molecule has 2 rings (SSSR count). The molecule has 1 atom stereocenters. The van der Waals surface area contributed by atoms with Crippen LogP contribution in [0.25, 0.3) is 0 Å². The molecular formula is C17H16Cl2N2O3. The molecule has 0 saturated carbocycles. The number of ether oxygens (including phenoxy) is 2. The van der Waals surface area contributed by atoms with E-state index >= 15 is 0 Å². The minimum atomic E-state index is -0.654. The van der Waals surface area contributed by atoms with Crippen molar-refractivity contribution < 1.29 is 14.3 Å². The lowest BCUT2D eigenvalue weighted by atomic mass is 9.81. The predicted octanol–water partition coefficient (Wildman–Crippen LogP) is 3.55. The SMILES string of the molecule is COCC1=C(C(=O)OC)C(c2ccc(Cl)cc2Cl)C(C#N)=C(C)N1. The van der Waals surface area contributed by atoms with E-state index in [4.69, 9.17) is 32.7 Å². The summed E-state index contributed by atoms with van der Waals surface area (Å²) in [5, 5.41) is 13.5. The van der Waals surface area contributed by atoms with E-state index < -0.39 is 11.9 Å². The molecule has 0 saturated heterocycles. The number of nitriles is 1. The van der Waals surface area contributed by atoms with Gasteiger partial charge in [-0.15, -0.1) is 0 Å². The Morgan fingerprint density at radius 1 is 1.38 bits per heavy atom. The summed E-state index contributed by atoms with van der Waals surface area (Å²) < 4.78 is 10.1. The average Bonchev–Trinajstić information content (AvgIpc) is 2.54. The molecule has 1 aliphatic heterocycles. The Morgan fingerprint density at radius 2 is 2.08 bits per heavy atom. The lowest BCUT2D eigenvalue weighted by Gasteiger charge is -2.29. The Hall–Kier alpha value is -2.00. The third-order valence-electron chi connectivity index (χ3n) is 3.73. The number of carbonyl (C=O) groups excluding carboxylic acids is 1. The van der Waals surface area contributed by atoms with Crippen LogP contribution in [0.5, 0.6) is 0 Å². The van der Waals surface area contributed by atoms with Gasteiger partial charge in [-0.25, -0.2) is 4.79 Å². The number of hydrogen-bond donors (Lipinski definition) is 1. The van der Waals surface area contributed by atoms with Crippen LogP contribution in [0.3, 0.4) is 0 Å². The molecule has 1 aliphatic rings. The second-order valence-electron chi connectivity index (χ2n) is 5.19. The topological polar surface area (TPSA) is 71.3 Å². The molecule has 5 nitrogen and oxygen atoms in total. The van der Waals surface area contributed by atoms with Gasteiger partial charge in [-0.2, -0.15) is 5.26 Å². The van der Waals surface area contributed by atoms with Crippen LogP contribution in [0, 0.1) is 11.3 Å². The van der Waals surface area contributed by atoms with Gasteiger partial charge in [0, 0.05) is 22.9 Å². The second kappa shape index (κ2) is 7.71. The highest BCUT2D eigenvalue weighted by molar-refractivity contribution is 6.35. The molecule has 1 N–H and O–H groups in total. The first kappa shape index (κ1) is 18.3. The van der Waals surface area contributed by atoms with E-state index in [-0.39, 0.29) is 6.61 Å². The van der Waals surface area contributed by atoms with Crippen LogP contribution in [-0.2, 0) is 14.3 Å². The molecule has 0 radical (unpaired) electrons. The van der Waals surface area contributed by atoms with Crippen molar-refractivity contribution in [3.05, 3.63) is 56.3 Å². The first-order chi connectivity index (χ1) is 11.4. The summed E-state index contributed by atoms with van der Waals surface area (Å²) in [5.74, 6) is -1.20. The van der Waals surface area contributed by atoms with E-state index in [0.29, 0.717) is 38.1 Å². The van der Waals surface area contributed by atoms with Crippen molar-refractivity contribution >= 4 is 29.2 Å². The first-order valence-electron chi connectivity index (χ1n) is 7.07. The number of hydrogen-bond acceptors (Lipinski definition) is 5. The number of dihydropyridines is 1. The van der Waals surface area contributed by atoms with Gasteiger partial charge in [0.1, 0.15) is 0 Å². The molecule has 24 heavy (non-hydrogen) atoms. The van der Waals surface area contributed by atoms with E-state index in [9.17, 15) is 10.1 Å². The summed E-state index contributed by atoms with van der Waals surface area (Å²) in [6, 6.07) is 7.11. The van der Waals surface area contributed by atoms with Crippen LogP contribution < -0.4 is 5.32 Å². The van der Waals surface area contributed by atoms with Crippen LogP contribution in [-0.4, -0.2) is 26.8 Å². The number of methoxy groups -OCH3 is 2. The highest BCUT2D eigenvalue weighted by atomic mass is 35.5. The Kier molecular flexibility index (Phi) is 5.89. The largest absolute Gasteiger partial charge is 0.466 e. The molecule has 0 aromatic heterocycles. The standard InChI is InChI=1S/C17H16Cl2N2O3/c1-9-12(7-20)15(11-5-4-10(18)6-13(11)19)16(17(22)24-3)14(21-9)8-23-2/h4-6,15,21H,8H2,1-3H3. The Bertz CT molecular complexity index is 779. The predicted molar refractivity (Wildman–Crippen MR) is 91.6 cm³/mol. The van der Waals surface area contributed by atoms with Gasteiger partial charge in [-0.3, -0.25) is 0 Å². The summed E-state index contributed by atoms with van der Waals surface area (Å²) in [4.78, 5) is 12.4. The minimum absolute atomic E-state index is 0.169. The highest BCUT2D eigenvalue weighted by Gasteiger charge is 2.36. The monoisotopic (exact) mass is 366 g/mol. The Labute approximate surface area is 150 Å². The van der Waals surface area contributed by atoms with Crippen molar-refractivity contribution in [1.82, 2.24) is 5.32 Å². The number of esters is 1. The van der Waals surface area contributed by atoms with Crippen molar-refractivity contribution in [3.63, 3.8) is 0 Å². The summed E-state index contributed by atoms with van der Waals surface area (Å²) >= 11 is 12.3. The number of benzene rings is 1. The van der Waals surface area contributed by atoms with Crippen LogP contribution in [0.1, 0.15) is 18.4 Å². The summed E-state index contributed by atoms with van der Waals surface area (Å²) in [6.45, 7) is 1.93. The molecule has 1 aromatic rings. The van der Waals surface area contributed by atoms with Gasteiger partial charge >= 0.3 is 5.97 Å². The summed E-state index contributed by atoms with van der Waals surface area (Å²) in [5.41, 5.74) is 2.46. The summed E-state index contributed by atoms with van der Waals surface area (Å²) in [7, 11) is 2.81. The van der Waals surface area contributed by atoms with Gasteiger partial charge in [0.05, 0.1) is 42.5 Å². The van der Waals surface area contributed by atoms with Gasteiger partial charge in [0.2, 0.25) is 0 Å². The molecule has 126 valence electrons. The molecule has 0 amide bonds. The van der Waals surface area contributed by atoms with Crippen molar-refractivity contribution in [3.8, 4) is 6.07 Å². The highest BCUT2D eigenvalue weighted by Crippen LogP contribution is 2.41.